The summed E-state index contributed by atoms with van der Waals surface area (Å²) in [6.07, 6.45) is 0.458. The van der Waals surface area contributed by atoms with Crippen LogP contribution in [0, 0.1) is 17.0 Å². The highest BCUT2D eigenvalue weighted by molar-refractivity contribution is 5.83. The highest BCUT2D eigenvalue weighted by Crippen LogP contribution is 2.65. The minimum absolute atomic E-state index is 0.0579. The lowest BCUT2D eigenvalue weighted by atomic mass is 9.96. The van der Waals surface area contributed by atoms with E-state index in [2.05, 4.69) is 0 Å². The summed E-state index contributed by atoms with van der Waals surface area (Å²) in [6, 6.07) is 2.10. The van der Waals surface area contributed by atoms with Crippen molar-refractivity contribution in [2.75, 3.05) is 13.2 Å². The predicted molar refractivity (Wildman–Crippen MR) is 58.3 cm³/mol. The first kappa shape index (κ1) is 11.4. The molecule has 0 saturated heterocycles. The zero-order valence-corrected chi connectivity index (χ0v) is 9.83. The van der Waals surface area contributed by atoms with E-state index in [1.54, 1.807) is 6.92 Å². The smallest absolute Gasteiger partial charge is 0.316 e. The minimum Gasteiger partial charge on any atom is -0.489 e. The van der Waals surface area contributed by atoms with Crippen molar-refractivity contribution in [3.63, 3.8) is 0 Å². The van der Waals surface area contributed by atoms with Gasteiger partial charge in [-0.25, -0.2) is 8.78 Å². The lowest BCUT2D eigenvalue weighted by Crippen LogP contribution is -2.31. The van der Waals surface area contributed by atoms with Crippen molar-refractivity contribution < 1.29 is 23.0 Å². The monoisotopic (exact) mass is 254 g/mol. The maximum absolute atomic E-state index is 13.7. The Morgan fingerprint density at radius 1 is 1.50 bits per heavy atom. The van der Waals surface area contributed by atoms with E-state index in [0.29, 0.717) is 6.42 Å². The lowest BCUT2D eigenvalue weighted by molar-refractivity contribution is -0.151. The highest BCUT2D eigenvalue weighted by Gasteiger charge is 2.66. The van der Waals surface area contributed by atoms with E-state index in [4.69, 9.17) is 9.47 Å². The van der Waals surface area contributed by atoms with Crippen LogP contribution in [0.2, 0.25) is 0 Å². The van der Waals surface area contributed by atoms with E-state index >= 15 is 0 Å². The van der Waals surface area contributed by atoms with Crippen LogP contribution in [0.25, 0.3) is 0 Å². The van der Waals surface area contributed by atoms with Crippen molar-refractivity contribution in [2.45, 2.75) is 19.3 Å². The molecule has 0 radical (unpaired) electrons. The average Bonchev–Trinajstić information content (AvgIpc) is 3.09. The van der Waals surface area contributed by atoms with Crippen molar-refractivity contribution in [2.24, 2.45) is 5.41 Å². The molecular formula is C13H12F2O3. The van der Waals surface area contributed by atoms with Gasteiger partial charge in [-0.1, -0.05) is 0 Å². The van der Waals surface area contributed by atoms with Crippen LogP contribution < -0.4 is 4.74 Å². The SMILES string of the molecule is CCOC(=O)[C@]12COc3c(F)ccc(F)c3[C@H]1C2. The van der Waals surface area contributed by atoms with Crippen molar-refractivity contribution in [1.29, 1.82) is 0 Å². The predicted octanol–water partition coefficient (Wildman–Crippen LogP) is 2.39. The minimum atomic E-state index is -0.808. The number of fused-ring (bicyclic) bond motifs is 3. The Hall–Kier alpha value is -1.65. The summed E-state index contributed by atoms with van der Waals surface area (Å²) in [5, 5.41) is 0. The molecular weight excluding hydrogens is 242 g/mol. The van der Waals surface area contributed by atoms with E-state index < -0.39 is 17.0 Å². The number of hydrogen-bond acceptors (Lipinski definition) is 3. The van der Waals surface area contributed by atoms with Crippen molar-refractivity contribution in [3.8, 4) is 5.75 Å². The molecule has 1 aromatic carbocycles. The summed E-state index contributed by atoms with van der Waals surface area (Å²) in [6.45, 7) is 2.04. The Balaban J connectivity index is 1.99. The number of carbonyl (C=O) groups is 1. The summed E-state index contributed by atoms with van der Waals surface area (Å²) in [5.74, 6) is -1.88. The summed E-state index contributed by atoms with van der Waals surface area (Å²) >= 11 is 0. The van der Waals surface area contributed by atoms with Gasteiger partial charge in [0, 0.05) is 11.5 Å². The van der Waals surface area contributed by atoms with Gasteiger partial charge in [-0.2, -0.15) is 0 Å². The Labute approximate surface area is 103 Å². The molecule has 0 aromatic heterocycles. The van der Waals surface area contributed by atoms with Gasteiger partial charge in [0.05, 0.1) is 6.61 Å². The number of ether oxygens (including phenoxy) is 2. The molecule has 1 fully saturated rings. The molecule has 1 saturated carbocycles. The molecule has 1 aliphatic carbocycles. The molecule has 0 N–H and O–H groups in total. The second-order valence-corrected chi connectivity index (χ2v) is 4.69. The standard InChI is InChI=1S/C13H12F2O3/c1-2-17-12(16)13-5-7(13)10-8(14)3-4-9(15)11(10)18-6-13/h3-4,7H,2,5-6H2,1H3/t7-,13-/m1/s1. The van der Waals surface area contributed by atoms with Crippen molar-refractivity contribution >= 4 is 5.97 Å². The number of rotatable bonds is 2. The first-order valence-corrected chi connectivity index (χ1v) is 5.88. The number of hydrogen-bond donors (Lipinski definition) is 0. The van der Waals surface area contributed by atoms with E-state index in [1.165, 1.54) is 0 Å². The van der Waals surface area contributed by atoms with Gasteiger partial charge in [-0.05, 0) is 25.5 Å². The largest absolute Gasteiger partial charge is 0.489 e. The fourth-order valence-electron chi connectivity index (χ4n) is 2.62. The number of esters is 1. The molecule has 1 heterocycles. The van der Waals surface area contributed by atoms with Gasteiger partial charge in [0.25, 0.3) is 0 Å². The van der Waals surface area contributed by atoms with Crippen LogP contribution in [0.1, 0.15) is 24.8 Å². The van der Waals surface area contributed by atoms with Crippen LogP contribution in [0.3, 0.4) is 0 Å². The summed E-state index contributed by atoms with van der Waals surface area (Å²) < 4.78 is 37.5. The zero-order valence-electron chi connectivity index (χ0n) is 9.83. The van der Waals surface area contributed by atoms with Crippen LogP contribution in [-0.4, -0.2) is 19.2 Å². The van der Waals surface area contributed by atoms with Crippen LogP contribution in [0.5, 0.6) is 5.75 Å². The second-order valence-electron chi connectivity index (χ2n) is 4.69. The molecule has 2 aliphatic rings. The molecule has 1 aromatic rings. The van der Waals surface area contributed by atoms with Gasteiger partial charge in [0.15, 0.2) is 11.6 Å². The van der Waals surface area contributed by atoms with Crippen LogP contribution >= 0.6 is 0 Å². The summed E-state index contributed by atoms with van der Waals surface area (Å²) in [5.41, 5.74) is -0.633. The molecule has 3 nitrogen and oxygen atoms in total. The molecule has 18 heavy (non-hydrogen) atoms. The molecule has 0 bridgehead atoms. The van der Waals surface area contributed by atoms with E-state index in [1.807, 2.05) is 0 Å². The Morgan fingerprint density at radius 3 is 2.94 bits per heavy atom. The third-order valence-electron chi connectivity index (χ3n) is 3.67. The van der Waals surface area contributed by atoms with Crippen molar-refractivity contribution in [1.82, 2.24) is 0 Å². The molecule has 3 rings (SSSR count). The number of halogens is 2. The molecule has 0 unspecified atom stereocenters. The molecule has 1 aliphatic heterocycles. The second kappa shape index (κ2) is 3.67. The van der Waals surface area contributed by atoms with Gasteiger partial charge in [0.2, 0.25) is 0 Å². The number of benzene rings is 1. The molecule has 0 amide bonds. The van der Waals surface area contributed by atoms with E-state index in [9.17, 15) is 13.6 Å². The Morgan fingerprint density at radius 2 is 2.22 bits per heavy atom. The normalized spacial score (nSPS) is 27.8. The van der Waals surface area contributed by atoms with Gasteiger partial charge < -0.3 is 9.47 Å². The first-order chi connectivity index (χ1) is 8.60. The molecule has 96 valence electrons. The Kier molecular flexibility index (Phi) is 2.33. The summed E-state index contributed by atoms with van der Waals surface area (Å²) in [4.78, 5) is 11.8. The highest BCUT2D eigenvalue weighted by atomic mass is 19.1. The third kappa shape index (κ3) is 1.36. The zero-order chi connectivity index (χ0) is 12.9. The number of carbonyl (C=O) groups excluding carboxylic acids is 1. The molecule has 2 atom stereocenters. The topological polar surface area (TPSA) is 35.5 Å². The van der Waals surface area contributed by atoms with Gasteiger partial charge >= 0.3 is 5.97 Å². The quantitative estimate of drug-likeness (QED) is 0.760. The van der Waals surface area contributed by atoms with E-state index in [0.717, 1.165) is 12.1 Å². The van der Waals surface area contributed by atoms with Crippen LogP contribution in [0.15, 0.2) is 12.1 Å². The van der Waals surface area contributed by atoms with E-state index in [-0.39, 0.29) is 36.4 Å². The Bertz CT molecular complexity index is 529. The van der Waals surface area contributed by atoms with Crippen LogP contribution in [-0.2, 0) is 9.53 Å². The summed E-state index contributed by atoms with van der Waals surface area (Å²) in [7, 11) is 0. The average molecular weight is 254 g/mol. The van der Waals surface area contributed by atoms with Gasteiger partial charge in [0.1, 0.15) is 17.8 Å². The van der Waals surface area contributed by atoms with Crippen molar-refractivity contribution in [3.05, 3.63) is 29.3 Å². The van der Waals surface area contributed by atoms with Gasteiger partial charge in [-0.15, -0.1) is 0 Å². The molecule has 5 heteroatoms. The van der Waals surface area contributed by atoms with Crippen LogP contribution in [0.4, 0.5) is 8.78 Å². The molecule has 0 spiro atoms. The lowest BCUT2D eigenvalue weighted by Gasteiger charge is -2.24. The fraction of sp³-hybridized carbons (Fsp3) is 0.462. The fourth-order valence-corrected chi connectivity index (χ4v) is 2.62. The first-order valence-electron chi connectivity index (χ1n) is 5.88. The maximum atomic E-state index is 13.7. The maximum Gasteiger partial charge on any atom is 0.316 e. The third-order valence-corrected chi connectivity index (χ3v) is 3.67. The van der Waals surface area contributed by atoms with Gasteiger partial charge in [-0.3, -0.25) is 4.79 Å².